The molecule has 2 aliphatic heterocycles. The number of carbonyl (C=O) groups is 1. The summed E-state index contributed by atoms with van der Waals surface area (Å²) < 4.78 is 5.38. The van der Waals surface area contributed by atoms with E-state index in [0.29, 0.717) is 25.7 Å². The van der Waals surface area contributed by atoms with Crippen LogP contribution in [-0.4, -0.2) is 79.7 Å². The van der Waals surface area contributed by atoms with Crippen LogP contribution in [0.15, 0.2) is 35.3 Å². The van der Waals surface area contributed by atoms with Gasteiger partial charge in [0.05, 0.1) is 19.8 Å². The zero-order chi connectivity index (χ0) is 23.0. The lowest BCUT2D eigenvalue weighted by molar-refractivity contribution is -0.140. The van der Waals surface area contributed by atoms with Gasteiger partial charge in [-0.05, 0) is 46.1 Å². The van der Waals surface area contributed by atoms with Crippen molar-refractivity contribution in [3.05, 3.63) is 35.9 Å². The molecule has 0 aliphatic carbocycles. The molecule has 1 atom stereocenters. The van der Waals surface area contributed by atoms with Gasteiger partial charge in [0.2, 0.25) is 5.91 Å². The summed E-state index contributed by atoms with van der Waals surface area (Å²) in [6, 6.07) is 10.8. The third-order valence-corrected chi connectivity index (χ3v) is 6.33. The van der Waals surface area contributed by atoms with Gasteiger partial charge >= 0.3 is 0 Å². The molecule has 1 aromatic rings. The van der Waals surface area contributed by atoms with Crippen molar-refractivity contribution in [1.29, 1.82) is 0 Å². The summed E-state index contributed by atoms with van der Waals surface area (Å²) in [5, 5.41) is 7.17. The number of rotatable bonds is 7. The first-order chi connectivity index (χ1) is 15.4. The summed E-state index contributed by atoms with van der Waals surface area (Å²) in [5.74, 6) is 1.37. The molecule has 2 aliphatic rings. The van der Waals surface area contributed by atoms with E-state index in [9.17, 15) is 4.79 Å². The van der Waals surface area contributed by atoms with Crippen LogP contribution in [0.3, 0.4) is 0 Å². The predicted octanol–water partition coefficient (Wildman–Crippen LogP) is 3.27. The Kier molecular flexibility index (Phi) is 11.4. The zero-order valence-electron chi connectivity index (χ0n) is 20.7. The van der Waals surface area contributed by atoms with Gasteiger partial charge in [-0.3, -0.25) is 9.79 Å². The largest absolute Gasteiger partial charge is 0.378 e. The smallest absolute Gasteiger partial charge is 0.225 e. The molecule has 2 fully saturated rings. The average Bonchev–Trinajstić information content (AvgIpc) is 2.82. The van der Waals surface area contributed by atoms with Crippen molar-refractivity contribution in [2.45, 2.75) is 52.1 Å². The fourth-order valence-electron chi connectivity index (χ4n) is 4.54. The van der Waals surface area contributed by atoms with Gasteiger partial charge in [-0.2, -0.15) is 0 Å². The van der Waals surface area contributed by atoms with Crippen LogP contribution in [0.1, 0.15) is 52.1 Å². The fraction of sp³-hybridized carbons (Fsp3) is 0.680. The number of amides is 1. The number of nitrogens with one attached hydrogen (secondary N) is 2. The van der Waals surface area contributed by atoms with E-state index in [2.05, 4.69) is 67.5 Å². The van der Waals surface area contributed by atoms with E-state index in [1.807, 2.05) is 11.0 Å². The molecule has 33 heavy (non-hydrogen) atoms. The highest BCUT2D eigenvalue weighted by Gasteiger charge is 2.30. The third-order valence-electron chi connectivity index (χ3n) is 6.33. The van der Waals surface area contributed by atoms with Crippen LogP contribution >= 0.6 is 24.0 Å². The standard InChI is InChI=1S/C25H41N5O2.HI/c1-5-26-24(27-19-25(3,4)28-20(2)21-9-7-6-8-10-21)30-13-11-22(12-14-30)23(31)29-15-17-32-18-16-29;/h6-10,20,22,28H,5,11-19H2,1-4H3,(H,26,27);1H. The Balaban J connectivity index is 0.00000385. The number of guanidine groups is 1. The lowest BCUT2D eigenvalue weighted by Gasteiger charge is -2.37. The van der Waals surface area contributed by atoms with Gasteiger partial charge in [0, 0.05) is 50.2 Å². The highest BCUT2D eigenvalue weighted by Crippen LogP contribution is 2.21. The summed E-state index contributed by atoms with van der Waals surface area (Å²) in [7, 11) is 0. The maximum Gasteiger partial charge on any atom is 0.225 e. The molecule has 3 rings (SSSR count). The minimum absolute atomic E-state index is 0. The second-order valence-electron chi connectivity index (χ2n) is 9.53. The van der Waals surface area contributed by atoms with Crippen LogP contribution in [0, 0.1) is 5.92 Å². The van der Waals surface area contributed by atoms with E-state index in [4.69, 9.17) is 9.73 Å². The number of aliphatic imine (C=N–C) groups is 1. The highest BCUT2D eigenvalue weighted by molar-refractivity contribution is 14.0. The van der Waals surface area contributed by atoms with Crippen molar-refractivity contribution in [2.75, 3.05) is 52.5 Å². The summed E-state index contributed by atoms with van der Waals surface area (Å²) in [5.41, 5.74) is 1.14. The summed E-state index contributed by atoms with van der Waals surface area (Å²) >= 11 is 0. The molecule has 1 amide bonds. The Morgan fingerprint density at radius 1 is 1.12 bits per heavy atom. The van der Waals surface area contributed by atoms with E-state index in [0.717, 1.165) is 51.5 Å². The molecular weight excluding hydrogens is 529 g/mol. The van der Waals surface area contributed by atoms with Gasteiger partial charge in [0.1, 0.15) is 0 Å². The first-order valence-electron chi connectivity index (χ1n) is 12.1. The fourth-order valence-corrected chi connectivity index (χ4v) is 4.54. The number of likely N-dealkylation sites (tertiary alicyclic amines) is 1. The molecule has 2 saturated heterocycles. The number of ether oxygens (including phenoxy) is 1. The van der Waals surface area contributed by atoms with Crippen molar-refractivity contribution in [3.63, 3.8) is 0 Å². The van der Waals surface area contributed by atoms with Crippen molar-refractivity contribution in [2.24, 2.45) is 10.9 Å². The molecule has 8 heteroatoms. The predicted molar refractivity (Wildman–Crippen MR) is 145 cm³/mol. The van der Waals surface area contributed by atoms with E-state index in [1.165, 1.54) is 5.56 Å². The average molecular weight is 572 g/mol. The summed E-state index contributed by atoms with van der Waals surface area (Å²) in [6.07, 6.45) is 1.76. The summed E-state index contributed by atoms with van der Waals surface area (Å²) in [4.78, 5) is 22.1. The first-order valence-corrected chi connectivity index (χ1v) is 12.1. The van der Waals surface area contributed by atoms with Crippen LogP contribution in [0.25, 0.3) is 0 Å². The highest BCUT2D eigenvalue weighted by atomic mass is 127. The molecule has 0 spiro atoms. The van der Waals surface area contributed by atoms with Crippen molar-refractivity contribution in [1.82, 2.24) is 20.4 Å². The Morgan fingerprint density at radius 2 is 1.76 bits per heavy atom. The number of hydrogen-bond donors (Lipinski definition) is 2. The van der Waals surface area contributed by atoms with Crippen LogP contribution < -0.4 is 10.6 Å². The Hall–Kier alpha value is -1.39. The van der Waals surface area contributed by atoms with E-state index in [-0.39, 0.29) is 41.5 Å². The van der Waals surface area contributed by atoms with Gasteiger partial charge in [-0.1, -0.05) is 30.3 Å². The monoisotopic (exact) mass is 571 g/mol. The topological polar surface area (TPSA) is 69.2 Å². The van der Waals surface area contributed by atoms with E-state index in [1.54, 1.807) is 0 Å². The third kappa shape index (κ3) is 8.40. The second kappa shape index (κ2) is 13.5. The molecule has 2 N–H and O–H groups in total. The van der Waals surface area contributed by atoms with Crippen molar-refractivity contribution >= 4 is 35.8 Å². The molecule has 1 aromatic carbocycles. The molecule has 0 aromatic heterocycles. The second-order valence-corrected chi connectivity index (χ2v) is 9.53. The van der Waals surface area contributed by atoms with Crippen LogP contribution in [-0.2, 0) is 9.53 Å². The number of benzene rings is 1. The number of piperidine rings is 1. The molecule has 7 nitrogen and oxygen atoms in total. The van der Waals surface area contributed by atoms with E-state index < -0.39 is 0 Å². The molecule has 0 radical (unpaired) electrons. The summed E-state index contributed by atoms with van der Waals surface area (Å²) in [6.45, 7) is 14.7. The zero-order valence-corrected chi connectivity index (χ0v) is 23.0. The van der Waals surface area contributed by atoms with Gasteiger partial charge in [0.25, 0.3) is 0 Å². The van der Waals surface area contributed by atoms with Crippen molar-refractivity contribution < 1.29 is 9.53 Å². The maximum absolute atomic E-state index is 12.8. The molecule has 2 heterocycles. The normalized spacial score (nSPS) is 19.1. The Morgan fingerprint density at radius 3 is 2.36 bits per heavy atom. The first kappa shape index (κ1) is 27.9. The maximum atomic E-state index is 12.8. The number of hydrogen-bond acceptors (Lipinski definition) is 4. The molecule has 0 saturated carbocycles. The molecule has 1 unspecified atom stereocenters. The Bertz CT molecular complexity index is 744. The lowest BCUT2D eigenvalue weighted by Crippen LogP contribution is -2.50. The molecular formula is C25H42IN5O2. The van der Waals surface area contributed by atoms with Crippen LogP contribution in [0.4, 0.5) is 0 Å². The van der Waals surface area contributed by atoms with Gasteiger partial charge < -0.3 is 25.2 Å². The van der Waals surface area contributed by atoms with Gasteiger partial charge in [-0.15, -0.1) is 24.0 Å². The van der Waals surface area contributed by atoms with Crippen LogP contribution in [0.5, 0.6) is 0 Å². The number of halogens is 1. The van der Waals surface area contributed by atoms with Crippen LogP contribution in [0.2, 0.25) is 0 Å². The number of morpholine rings is 1. The number of carbonyl (C=O) groups excluding carboxylic acids is 1. The molecule has 0 bridgehead atoms. The lowest BCUT2D eigenvalue weighted by atomic mass is 9.95. The minimum atomic E-state index is -0.138. The van der Waals surface area contributed by atoms with Gasteiger partial charge in [-0.25, -0.2) is 0 Å². The Labute approximate surface area is 216 Å². The van der Waals surface area contributed by atoms with Crippen molar-refractivity contribution in [3.8, 4) is 0 Å². The quantitative estimate of drug-likeness (QED) is 0.299. The minimum Gasteiger partial charge on any atom is -0.378 e. The SMILES string of the molecule is CCNC(=NCC(C)(C)NC(C)c1ccccc1)N1CCC(C(=O)N2CCOCC2)CC1.I. The number of nitrogens with zero attached hydrogens (tertiary/aromatic N) is 3. The molecule has 186 valence electrons. The van der Waals surface area contributed by atoms with Gasteiger partial charge in [0.15, 0.2) is 5.96 Å². The van der Waals surface area contributed by atoms with E-state index >= 15 is 0 Å².